The molecule has 0 radical (unpaired) electrons. The number of hydrogen-bond acceptors (Lipinski definition) is 2. The second-order valence-corrected chi connectivity index (χ2v) is 4.09. The summed E-state index contributed by atoms with van der Waals surface area (Å²) in [5, 5.41) is 3.21. The van der Waals surface area contributed by atoms with Crippen LogP contribution in [-0.2, 0) is 6.42 Å². The van der Waals surface area contributed by atoms with Gasteiger partial charge in [0, 0.05) is 5.56 Å². The highest BCUT2D eigenvalue weighted by Gasteiger charge is 2.13. The Hall–Kier alpha value is -1.15. The zero-order valence-corrected chi connectivity index (χ0v) is 10.4. The van der Waals surface area contributed by atoms with Crippen molar-refractivity contribution in [3.05, 3.63) is 35.4 Å². The van der Waals surface area contributed by atoms with E-state index >= 15 is 0 Å². The molecule has 2 nitrogen and oxygen atoms in total. The lowest BCUT2D eigenvalue weighted by Crippen LogP contribution is -2.34. The van der Waals surface area contributed by atoms with Crippen molar-refractivity contribution in [3.63, 3.8) is 0 Å². The summed E-state index contributed by atoms with van der Waals surface area (Å²) in [6, 6.07) is 7.81. The van der Waals surface area contributed by atoms with Crippen LogP contribution >= 0.6 is 0 Å². The summed E-state index contributed by atoms with van der Waals surface area (Å²) in [7, 11) is 0. The second kappa shape index (κ2) is 6.44. The van der Waals surface area contributed by atoms with Crippen LogP contribution in [0.3, 0.4) is 0 Å². The molecular weight excluding hydrogens is 198 g/mol. The fourth-order valence-corrected chi connectivity index (χ4v) is 1.61. The zero-order valence-electron chi connectivity index (χ0n) is 10.4. The van der Waals surface area contributed by atoms with Gasteiger partial charge in [0.15, 0.2) is 5.78 Å². The van der Waals surface area contributed by atoms with E-state index in [1.165, 1.54) is 5.56 Å². The van der Waals surface area contributed by atoms with Crippen molar-refractivity contribution in [2.24, 2.45) is 0 Å². The summed E-state index contributed by atoms with van der Waals surface area (Å²) in [4.78, 5) is 12.0. The molecule has 0 saturated carbocycles. The van der Waals surface area contributed by atoms with Crippen LogP contribution in [0.1, 0.15) is 43.1 Å². The van der Waals surface area contributed by atoms with Gasteiger partial charge in [-0.1, -0.05) is 38.1 Å². The highest BCUT2D eigenvalue weighted by molar-refractivity contribution is 5.99. The minimum Gasteiger partial charge on any atom is -0.307 e. The first-order chi connectivity index (χ1) is 7.69. The van der Waals surface area contributed by atoms with Crippen LogP contribution < -0.4 is 5.32 Å². The quantitative estimate of drug-likeness (QED) is 0.745. The van der Waals surface area contributed by atoms with Crippen LogP contribution in [0.4, 0.5) is 0 Å². The minimum absolute atomic E-state index is 0.0903. The van der Waals surface area contributed by atoms with Gasteiger partial charge in [-0.3, -0.25) is 4.79 Å². The molecule has 0 spiro atoms. The molecule has 88 valence electrons. The van der Waals surface area contributed by atoms with E-state index < -0.39 is 0 Å². The van der Waals surface area contributed by atoms with Gasteiger partial charge >= 0.3 is 0 Å². The lowest BCUT2D eigenvalue weighted by atomic mass is 10.0. The molecule has 0 bridgehead atoms. The Kier molecular flexibility index (Phi) is 5.20. The van der Waals surface area contributed by atoms with Gasteiger partial charge in [0.05, 0.1) is 6.04 Å². The number of nitrogens with one attached hydrogen (secondary N) is 1. The summed E-state index contributed by atoms with van der Waals surface area (Å²) in [6.07, 6.45) is 2.06. The van der Waals surface area contributed by atoms with E-state index in [1.807, 2.05) is 31.2 Å². The Morgan fingerprint density at radius 3 is 2.38 bits per heavy atom. The first kappa shape index (κ1) is 12.9. The van der Waals surface area contributed by atoms with Gasteiger partial charge < -0.3 is 5.32 Å². The summed E-state index contributed by atoms with van der Waals surface area (Å²) >= 11 is 0. The third-order valence-corrected chi connectivity index (χ3v) is 2.74. The number of rotatable bonds is 6. The van der Waals surface area contributed by atoms with Crippen molar-refractivity contribution in [1.82, 2.24) is 5.32 Å². The number of hydrogen-bond donors (Lipinski definition) is 1. The van der Waals surface area contributed by atoms with Crippen LogP contribution in [-0.4, -0.2) is 18.4 Å². The number of carbonyl (C=O) groups is 1. The zero-order chi connectivity index (χ0) is 12.0. The van der Waals surface area contributed by atoms with Crippen molar-refractivity contribution in [1.29, 1.82) is 0 Å². The number of carbonyl (C=O) groups excluding carboxylic acids is 1. The van der Waals surface area contributed by atoms with Crippen LogP contribution in [0.5, 0.6) is 0 Å². The molecule has 1 rings (SSSR count). The van der Waals surface area contributed by atoms with E-state index in [2.05, 4.69) is 19.2 Å². The predicted molar refractivity (Wildman–Crippen MR) is 67.9 cm³/mol. The number of aryl methyl sites for hydroxylation is 1. The molecule has 0 aromatic heterocycles. The van der Waals surface area contributed by atoms with E-state index in [0.717, 1.165) is 24.9 Å². The molecule has 0 aliphatic rings. The predicted octanol–water partition coefficient (Wildman–Crippen LogP) is 2.82. The molecule has 1 aromatic carbocycles. The molecule has 0 heterocycles. The standard InChI is InChI=1S/C14H21NO/c1-4-10-15-11(3)14(16)13-8-6-12(5-2)7-9-13/h6-9,11,15H,4-5,10H2,1-3H3. The maximum absolute atomic E-state index is 12.0. The highest BCUT2D eigenvalue weighted by atomic mass is 16.1. The smallest absolute Gasteiger partial charge is 0.179 e. The molecule has 1 unspecified atom stereocenters. The van der Waals surface area contributed by atoms with E-state index in [4.69, 9.17) is 0 Å². The van der Waals surface area contributed by atoms with Gasteiger partial charge in [-0.15, -0.1) is 0 Å². The lowest BCUT2D eigenvalue weighted by molar-refractivity contribution is 0.0951. The van der Waals surface area contributed by atoms with Crippen LogP contribution in [0.25, 0.3) is 0 Å². The number of ketones is 1. The Bertz CT molecular complexity index is 329. The molecule has 0 aliphatic carbocycles. The second-order valence-electron chi connectivity index (χ2n) is 4.09. The van der Waals surface area contributed by atoms with Gasteiger partial charge in [0.1, 0.15) is 0 Å². The fraction of sp³-hybridized carbons (Fsp3) is 0.500. The Morgan fingerprint density at radius 1 is 1.25 bits per heavy atom. The highest BCUT2D eigenvalue weighted by Crippen LogP contribution is 2.07. The lowest BCUT2D eigenvalue weighted by Gasteiger charge is -2.12. The molecule has 0 saturated heterocycles. The fourth-order valence-electron chi connectivity index (χ4n) is 1.61. The van der Waals surface area contributed by atoms with Gasteiger partial charge in [0.25, 0.3) is 0 Å². The largest absolute Gasteiger partial charge is 0.307 e. The number of Topliss-reactive ketones (excluding diaryl/α,β-unsaturated/α-hetero) is 1. The van der Waals surface area contributed by atoms with Crippen LogP contribution in [0.15, 0.2) is 24.3 Å². The van der Waals surface area contributed by atoms with E-state index in [1.54, 1.807) is 0 Å². The molecule has 0 amide bonds. The van der Waals surface area contributed by atoms with Crippen molar-refractivity contribution < 1.29 is 4.79 Å². The molecular formula is C14H21NO. The SMILES string of the molecule is CCCNC(C)C(=O)c1ccc(CC)cc1. The first-order valence-corrected chi connectivity index (χ1v) is 6.05. The topological polar surface area (TPSA) is 29.1 Å². The molecule has 0 fully saturated rings. The third kappa shape index (κ3) is 3.46. The van der Waals surface area contributed by atoms with E-state index in [-0.39, 0.29) is 11.8 Å². The molecule has 1 N–H and O–H groups in total. The summed E-state index contributed by atoms with van der Waals surface area (Å²) in [6.45, 7) is 7.02. The normalized spacial score (nSPS) is 12.4. The van der Waals surface area contributed by atoms with Crippen LogP contribution in [0, 0.1) is 0 Å². The molecule has 0 aliphatic heterocycles. The van der Waals surface area contributed by atoms with Gasteiger partial charge in [-0.05, 0) is 31.9 Å². The van der Waals surface area contributed by atoms with Gasteiger partial charge in [-0.25, -0.2) is 0 Å². The molecule has 1 atom stereocenters. The Balaban J connectivity index is 2.64. The van der Waals surface area contributed by atoms with Crippen molar-refractivity contribution >= 4 is 5.78 Å². The molecule has 16 heavy (non-hydrogen) atoms. The average molecular weight is 219 g/mol. The Labute approximate surface area is 98.1 Å². The van der Waals surface area contributed by atoms with E-state index in [9.17, 15) is 4.79 Å². The monoisotopic (exact) mass is 219 g/mol. The number of benzene rings is 1. The van der Waals surface area contributed by atoms with Gasteiger partial charge in [0.2, 0.25) is 0 Å². The summed E-state index contributed by atoms with van der Waals surface area (Å²) in [5.41, 5.74) is 2.07. The van der Waals surface area contributed by atoms with Crippen molar-refractivity contribution in [2.75, 3.05) is 6.54 Å². The minimum atomic E-state index is -0.0903. The summed E-state index contributed by atoms with van der Waals surface area (Å²) in [5.74, 6) is 0.177. The molecule has 1 aromatic rings. The van der Waals surface area contributed by atoms with Crippen molar-refractivity contribution in [2.45, 2.75) is 39.7 Å². The third-order valence-electron chi connectivity index (χ3n) is 2.74. The average Bonchev–Trinajstić information content (AvgIpc) is 2.35. The summed E-state index contributed by atoms with van der Waals surface area (Å²) < 4.78 is 0. The Morgan fingerprint density at radius 2 is 1.88 bits per heavy atom. The maximum Gasteiger partial charge on any atom is 0.179 e. The van der Waals surface area contributed by atoms with Crippen LogP contribution in [0.2, 0.25) is 0 Å². The van der Waals surface area contributed by atoms with E-state index in [0.29, 0.717) is 0 Å². The maximum atomic E-state index is 12.0. The van der Waals surface area contributed by atoms with Gasteiger partial charge in [-0.2, -0.15) is 0 Å². The molecule has 2 heteroatoms. The van der Waals surface area contributed by atoms with Crippen molar-refractivity contribution in [3.8, 4) is 0 Å². The first-order valence-electron chi connectivity index (χ1n) is 6.05.